The van der Waals surface area contributed by atoms with E-state index >= 15 is 0 Å². The van der Waals surface area contributed by atoms with Crippen LogP contribution in [0.1, 0.15) is 15.4 Å². The molecule has 3 heterocycles. The van der Waals surface area contributed by atoms with Crippen molar-refractivity contribution in [1.29, 1.82) is 0 Å². The molecule has 0 radical (unpaired) electrons. The van der Waals surface area contributed by atoms with Crippen LogP contribution in [0.15, 0.2) is 28.7 Å². The van der Waals surface area contributed by atoms with Gasteiger partial charge in [0, 0.05) is 5.39 Å². The van der Waals surface area contributed by atoms with Crippen LogP contribution in [-0.4, -0.2) is 16.1 Å². The van der Waals surface area contributed by atoms with E-state index in [9.17, 15) is 4.79 Å². The maximum absolute atomic E-state index is 10.8. The number of hydrogen-bond donors (Lipinski definition) is 2. The topological polar surface area (TPSA) is 66.2 Å². The van der Waals surface area contributed by atoms with Crippen LogP contribution < -0.4 is 0 Å². The van der Waals surface area contributed by atoms with Crippen molar-refractivity contribution < 1.29 is 14.3 Å². The molecule has 3 aromatic heterocycles. The number of aromatic nitrogens is 1. The number of hydrogen-bond acceptors (Lipinski definition) is 3. The molecule has 0 aliphatic carbocycles. The third-order valence-electron chi connectivity index (χ3n) is 2.53. The first-order valence-electron chi connectivity index (χ1n) is 5.06. The van der Waals surface area contributed by atoms with Gasteiger partial charge in [0.1, 0.15) is 15.5 Å². The molecule has 2 N–H and O–H groups in total. The number of rotatable bonds is 2. The Labute approximate surface area is 100 Å². The number of aromatic carboxylic acids is 1. The summed E-state index contributed by atoms with van der Waals surface area (Å²) >= 11 is 1.23. The van der Waals surface area contributed by atoms with Gasteiger partial charge in [-0.25, -0.2) is 4.79 Å². The Bertz CT molecular complexity index is 673. The van der Waals surface area contributed by atoms with Crippen molar-refractivity contribution in [3.8, 4) is 11.5 Å². The van der Waals surface area contributed by atoms with Crippen molar-refractivity contribution in [2.24, 2.45) is 0 Å². The fourth-order valence-corrected chi connectivity index (χ4v) is 2.63. The second-order valence-electron chi connectivity index (χ2n) is 3.79. The smallest absolute Gasteiger partial charge is 0.345 e. The molecule has 0 aliphatic rings. The first kappa shape index (κ1) is 10.2. The average Bonchev–Trinajstić information content (AvgIpc) is 2.88. The molecule has 0 saturated carbocycles. The summed E-state index contributed by atoms with van der Waals surface area (Å²) in [6, 6.07) is 7.35. The highest BCUT2D eigenvalue weighted by atomic mass is 32.1. The van der Waals surface area contributed by atoms with E-state index in [0.717, 1.165) is 27.4 Å². The molecule has 17 heavy (non-hydrogen) atoms. The Morgan fingerprint density at radius 3 is 2.82 bits per heavy atom. The molecule has 3 aromatic rings. The van der Waals surface area contributed by atoms with Crippen molar-refractivity contribution in [3.63, 3.8) is 0 Å². The maximum atomic E-state index is 10.8. The molecule has 3 rings (SSSR count). The number of aromatic amines is 1. The Morgan fingerprint density at radius 1 is 1.41 bits per heavy atom. The number of aryl methyl sites for hydroxylation is 1. The van der Waals surface area contributed by atoms with Gasteiger partial charge in [0.2, 0.25) is 0 Å². The van der Waals surface area contributed by atoms with E-state index < -0.39 is 5.97 Å². The minimum absolute atomic E-state index is 0.341. The molecule has 0 fully saturated rings. The lowest BCUT2D eigenvalue weighted by Gasteiger charge is -1.90. The lowest BCUT2D eigenvalue weighted by Crippen LogP contribution is -1.89. The molecule has 0 atom stereocenters. The summed E-state index contributed by atoms with van der Waals surface area (Å²) in [5.41, 5.74) is 0.872. The van der Waals surface area contributed by atoms with E-state index in [1.165, 1.54) is 11.3 Å². The Balaban J connectivity index is 2.09. The van der Waals surface area contributed by atoms with Gasteiger partial charge in [-0.15, -0.1) is 11.3 Å². The van der Waals surface area contributed by atoms with E-state index in [1.54, 1.807) is 6.07 Å². The minimum atomic E-state index is -0.894. The van der Waals surface area contributed by atoms with E-state index in [1.807, 2.05) is 25.1 Å². The number of carboxylic acids is 1. The zero-order valence-electron chi connectivity index (χ0n) is 8.98. The van der Waals surface area contributed by atoms with E-state index in [2.05, 4.69) is 4.98 Å². The van der Waals surface area contributed by atoms with E-state index in [-0.39, 0.29) is 0 Å². The summed E-state index contributed by atoms with van der Waals surface area (Å²) < 4.78 is 5.50. The number of carboxylic acid groups (broad SMARTS) is 1. The Morgan fingerprint density at radius 2 is 2.24 bits per heavy atom. The number of furan rings is 1. The van der Waals surface area contributed by atoms with Gasteiger partial charge in [0.25, 0.3) is 0 Å². The standard InChI is InChI=1S/C12H9NO3S/c1-6-2-3-9(16-6)8-4-7-5-10(12(14)15)17-11(7)13-8/h2-5,13H,1H3,(H,14,15). The molecule has 5 heteroatoms. The summed E-state index contributed by atoms with van der Waals surface area (Å²) in [6.45, 7) is 1.89. The highest BCUT2D eigenvalue weighted by Crippen LogP contribution is 2.30. The number of fused-ring (bicyclic) bond motifs is 1. The van der Waals surface area contributed by atoms with Crippen molar-refractivity contribution in [3.05, 3.63) is 34.9 Å². The summed E-state index contributed by atoms with van der Waals surface area (Å²) in [6.07, 6.45) is 0. The van der Waals surface area contributed by atoms with Crippen LogP contribution >= 0.6 is 11.3 Å². The highest BCUT2D eigenvalue weighted by molar-refractivity contribution is 7.20. The van der Waals surface area contributed by atoms with Crippen LogP contribution in [0.3, 0.4) is 0 Å². The fraction of sp³-hybridized carbons (Fsp3) is 0.0833. The molecule has 0 unspecified atom stereocenters. The zero-order valence-corrected chi connectivity index (χ0v) is 9.80. The molecular formula is C12H9NO3S. The van der Waals surface area contributed by atoms with E-state index in [4.69, 9.17) is 9.52 Å². The number of thiophene rings is 1. The lowest BCUT2D eigenvalue weighted by atomic mass is 10.3. The SMILES string of the molecule is Cc1ccc(-c2cc3cc(C(=O)O)sc3[nH]2)o1. The van der Waals surface area contributed by atoms with Crippen LogP contribution in [0.25, 0.3) is 21.7 Å². The summed E-state index contributed by atoms with van der Waals surface area (Å²) in [5, 5.41) is 9.77. The van der Waals surface area contributed by atoms with E-state index in [0.29, 0.717) is 4.88 Å². The van der Waals surface area contributed by atoms with Gasteiger partial charge in [0.05, 0.1) is 5.69 Å². The second kappa shape index (κ2) is 3.49. The number of nitrogens with one attached hydrogen (secondary N) is 1. The fourth-order valence-electron chi connectivity index (χ4n) is 1.74. The molecule has 86 valence electrons. The summed E-state index contributed by atoms with van der Waals surface area (Å²) in [5.74, 6) is 0.724. The van der Waals surface area contributed by atoms with Crippen LogP contribution in [0.2, 0.25) is 0 Å². The number of H-pyrrole nitrogens is 1. The minimum Gasteiger partial charge on any atom is -0.477 e. The average molecular weight is 247 g/mol. The van der Waals surface area contributed by atoms with Gasteiger partial charge in [-0.1, -0.05) is 0 Å². The van der Waals surface area contributed by atoms with Crippen LogP contribution in [0, 0.1) is 6.92 Å². The maximum Gasteiger partial charge on any atom is 0.345 e. The molecule has 0 amide bonds. The lowest BCUT2D eigenvalue weighted by molar-refractivity contribution is 0.0702. The third-order valence-corrected chi connectivity index (χ3v) is 3.58. The van der Waals surface area contributed by atoms with Crippen LogP contribution in [-0.2, 0) is 0 Å². The number of carbonyl (C=O) groups is 1. The summed E-state index contributed by atoms with van der Waals surface area (Å²) in [4.78, 5) is 15.2. The van der Waals surface area contributed by atoms with Gasteiger partial charge in [-0.05, 0) is 31.2 Å². The van der Waals surface area contributed by atoms with Gasteiger partial charge >= 0.3 is 5.97 Å². The molecule has 0 saturated heterocycles. The highest BCUT2D eigenvalue weighted by Gasteiger charge is 2.12. The largest absolute Gasteiger partial charge is 0.477 e. The van der Waals surface area contributed by atoms with Crippen LogP contribution in [0.5, 0.6) is 0 Å². The first-order valence-corrected chi connectivity index (χ1v) is 5.88. The Hall–Kier alpha value is -2.01. The first-order chi connectivity index (χ1) is 8.13. The second-order valence-corrected chi connectivity index (χ2v) is 4.85. The van der Waals surface area contributed by atoms with Crippen molar-refractivity contribution in [2.45, 2.75) is 6.92 Å². The van der Waals surface area contributed by atoms with Gasteiger partial charge < -0.3 is 14.5 Å². The van der Waals surface area contributed by atoms with Gasteiger partial charge in [0.15, 0.2) is 5.76 Å². The predicted octanol–water partition coefficient (Wildman–Crippen LogP) is 3.50. The molecule has 0 bridgehead atoms. The zero-order chi connectivity index (χ0) is 12.0. The molecular weight excluding hydrogens is 238 g/mol. The predicted molar refractivity (Wildman–Crippen MR) is 65.6 cm³/mol. The van der Waals surface area contributed by atoms with Crippen molar-refractivity contribution in [2.75, 3.05) is 0 Å². The Kier molecular flexibility index (Phi) is 2.09. The molecule has 0 aliphatic heterocycles. The monoisotopic (exact) mass is 247 g/mol. The van der Waals surface area contributed by atoms with Crippen LogP contribution in [0.4, 0.5) is 0 Å². The molecule has 0 aromatic carbocycles. The van der Waals surface area contributed by atoms with Gasteiger partial charge in [-0.3, -0.25) is 0 Å². The van der Waals surface area contributed by atoms with Crippen molar-refractivity contribution >= 4 is 27.5 Å². The summed E-state index contributed by atoms with van der Waals surface area (Å²) in [7, 11) is 0. The van der Waals surface area contributed by atoms with Gasteiger partial charge in [-0.2, -0.15) is 0 Å². The normalized spacial score (nSPS) is 11.1. The van der Waals surface area contributed by atoms with Crippen molar-refractivity contribution in [1.82, 2.24) is 4.98 Å². The molecule has 0 spiro atoms. The third kappa shape index (κ3) is 1.64. The quantitative estimate of drug-likeness (QED) is 0.728. The molecule has 4 nitrogen and oxygen atoms in total.